The largest absolute Gasteiger partial charge is 0.489 e. The van der Waals surface area contributed by atoms with Gasteiger partial charge in [-0.15, -0.1) is 0 Å². The van der Waals surface area contributed by atoms with Crippen molar-refractivity contribution >= 4 is 5.97 Å². The Morgan fingerprint density at radius 1 is 1.33 bits per heavy atom. The van der Waals surface area contributed by atoms with E-state index in [1.807, 2.05) is 30.3 Å². The summed E-state index contributed by atoms with van der Waals surface area (Å²) < 4.78 is 10.8. The highest BCUT2D eigenvalue weighted by Crippen LogP contribution is 2.26. The van der Waals surface area contributed by atoms with Gasteiger partial charge in [-0.2, -0.15) is 0 Å². The minimum atomic E-state index is -0.453. The van der Waals surface area contributed by atoms with Gasteiger partial charge in [0.2, 0.25) is 0 Å². The predicted octanol–water partition coefficient (Wildman–Crippen LogP) is 1.78. The molecule has 1 atom stereocenters. The molecule has 1 heterocycles. The molecule has 0 aromatic heterocycles. The number of carbonyl (C=O) groups is 1. The lowest BCUT2D eigenvalue weighted by Gasteiger charge is -2.14. The zero-order valence-corrected chi connectivity index (χ0v) is 10.3. The molecule has 0 spiro atoms. The maximum Gasteiger partial charge on any atom is 0.338 e. The van der Waals surface area contributed by atoms with Crippen LogP contribution in [0, 0.1) is 0 Å². The molecule has 0 saturated carbocycles. The van der Waals surface area contributed by atoms with E-state index in [4.69, 9.17) is 14.6 Å². The van der Waals surface area contributed by atoms with Crippen molar-refractivity contribution in [1.82, 2.24) is 0 Å². The van der Waals surface area contributed by atoms with Crippen LogP contribution in [0.5, 0.6) is 0 Å². The Morgan fingerprint density at radius 2 is 2.06 bits per heavy atom. The summed E-state index contributed by atoms with van der Waals surface area (Å²) in [6.07, 6.45) is -0.0843. The maximum atomic E-state index is 11.4. The minimum absolute atomic E-state index is 0.0383. The van der Waals surface area contributed by atoms with Gasteiger partial charge in [-0.3, -0.25) is 0 Å². The van der Waals surface area contributed by atoms with Crippen molar-refractivity contribution < 1.29 is 19.4 Å². The average Bonchev–Trinajstić information content (AvgIpc) is 2.65. The summed E-state index contributed by atoms with van der Waals surface area (Å²) in [5, 5.41) is 8.93. The van der Waals surface area contributed by atoms with Gasteiger partial charge in [0.25, 0.3) is 0 Å². The zero-order valence-electron chi connectivity index (χ0n) is 10.3. The summed E-state index contributed by atoms with van der Waals surface area (Å²) in [6, 6.07) is 9.71. The Hall–Kier alpha value is -1.81. The fourth-order valence-electron chi connectivity index (χ4n) is 1.86. The van der Waals surface area contributed by atoms with Crippen LogP contribution in [0.4, 0.5) is 0 Å². The third kappa shape index (κ3) is 2.71. The third-order valence-electron chi connectivity index (χ3n) is 2.85. The Balaban J connectivity index is 2.04. The molecule has 1 aliphatic rings. The SMILES string of the molecule is CC1=C(OCc2ccccc2)C(CCO)OC1=O. The van der Waals surface area contributed by atoms with Gasteiger partial charge < -0.3 is 14.6 Å². The van der Waals surface area contributed by atoms with Crippen molar-refractivity contribution in [1.29, 1.82) is 0 Å². The van der Waals surface area contributed by atoms with E-state index in [0.29, 0.717) is 24.4 Å². The zero-order chi connectivity index (χ0) is 13.0. The maximum absolute atomic E-state index is 11.4. The van der Waals surface area contributed by atoms with Crippen LogP contribution in [0.25, 0.3) is 0 Å². The first-order valence-electron chi connectivity index (χ1n) is 5.91. The van der Waals surface area contributed by atoms with Crippen molar-refractivity contribution in [3.63, 3.8) is 0 Å². The van der Waals surface area contributed by atoms with Crippen LogP contribution in [-0.2, 0) is 20.9 Å². The molecule has 1 N–H and O–H groups in total. The fraction of sp³-hybridized carbons (Fsp3) is 0.357. The number of esters is 1. The van der Waals surface area contributed by atoms with E-state index >= 15 is 0 Å². The Kier molecular flexibility index (Phi) is 3.99. The van der Waals surface area contributed by atoms with Crippen LogP contribution in [0.1, 0.15) is 18.9 Å². The molecule has 1 unspecified atom stereocenters. The number of hydrogen-bond donors (Lipinski definition) is 1. The number of ether oxygens (including phenoxy) is 2. The number of aliphatic hydroxyl groups is 1. The normalized spacial score (nSPS) is 19.0. The van der Waals surface area contributed by atoms with E-state index in [9.17, 15) is 4.79 Å². The van der Waals surface area contributed by atoms with Crippen LogP contribution >= 0.6 is 0 Å². The highest BCUT2D eigenvalue weighted by Gasteiger charge is 2.32. The van der Waals surface area contributed by atoms with E-state index in [1.165, 1.54) is 0 Å². The molecule has 1 aromatic rings. The minimum Gasteiger partial charge on any atom is -0.489 e. The molecule has 1 aromatic carbocycles. The number of cyclic esters (lactones) is 1. The van der Waals surface area contributed by atoms with Gasteiger partial charge in [0.05, 0.1) is 5.57 Å². The standard InChI is InChI=1S/C14H16O4/c1-10-13(12(7-8-15)18-14(10)16)17-9-11-5-3-2-4-6-11/h2-6,12,15H,7-9H2,1H3. The number of rotatable bonds is 5. The number of benzene rings is 1. The molecule has 96 valence electrons. The highest BCUT2D eigenvalue weighted by atomic mass is 16.6. The first kappa shape index (κ1) is 12.6. The highest BCUT2D eigenvalue weighted by molar-refractivity contribution is 5.91. The van der Waals surface area contributed by atoms with Gasteiger partial charge in [-0.1, -0.05) is 30.3 Å². The van der Waals surface area contributed by atoms with Gasteiger partial charge in [0.1, 0.15) is 12.4 Å². The quantitative estimate of drug-likeness (QED) is 0.807. The molecule has 2 rings (SSSR count). The topological polar surface area (TPSA) is 55.8 Å². The molecule has 0 aliphatic carbocycles. The lowest BCUT2D eigenvalue weighted by atomic mass is 10.2. The van der Waals surface area contributed by atoms with Crippen LogP contribution in [-0.4, -0.2) is 23.8 Å². The Morgan fingerprint density at radius 3 is 2.72 bits per heavy atom. The van der Waals surface area contributed by atoms with Crippen molar-refractivity contribution in [3.8, 4) is 0 Å². The summed E-state index contributed by atoms with van der Waals surface area (Å²) in [4.78, 5) is 11.4. The van der Waals surface area contributed by atoms with Crippen LogP contribution in [0.15, 0.2) is 41.7 Å². The van der Waals surface area contributed by atoms with Crippen molar-refractivity contribution in [2.75, 3.05) is 6.61 Å². The van der Waals surface area contributed by atoms with Gasteiger partial charge >= 0.3 is 5.97 Å². The number of aliphatic hydroxyl groups excluding tert-OH is 1. The second kappa shape index (κ2) is 5.69. The summed E-state index contributed by atoms with van der Waals surface area (Å²) in [5.74, 6) is 0.175. The third-order valence-corrected chi connectivity index (χ3v) is 2.85. The lowest BCUT2D eigenvalue weighted by Crippen LogP contribution is -2.15. The first-order valence-corrected chi connectivity index (χ1v) is 5.91. The molecule has 0 saturated heterocycles. The average molecular weight is 248 g/mol. The van der Waals surface area contributed by atoms with E-state index in [0.717, 1.165) is 5.56 Å². The van der Waals surface area contributed by atoms with E-state index in [2.05, 4.69) is 0 Å². The van der Waals surface area contributed by atoms with Crippen LogP contribution < -0.4 is 0 Å². The summed E-state index contributed by atoms with van der Waals surface area (Å²) >= 11 is 0. The van der Waals surface area contributed by atoms with Crippen molar-refractivity contribution in [3.05, 3.63) is 47.2 Å². The van der Waals surface area contributed by atoms with Crippen molar-refractivity contribution in [2.45, 2.75) is 26.1 Å². The molecular weight excluding hydrogens is 232 g/mol. The Bertz CT molecular complexity index is 450. The number of hydrogen-bond acceptors (Lipinski definition) is 4. The summed E-state index contributed by atoms with van der Waals surface area (Å²) in [7, 11) is 0. The second-order valence-electron chi connectivity index (χ2n) is 4.17. The van der Waals surface area contributed by atoms with Gasteiger partial charge in [-0.05, 0) is 12.5 Å². The molecule has 18 heavy (non-hydrogen) atoms. The monoisotopic (exact) mass is 248 g/mol. The first-order chi connectivity index (χ1) is 8.72. The van der Waals surface area contributed by atoms with E-state index in [-0.39, 0.29) is 12.6 Å². The van der Waals surface area contributed by atoms with E-state index < -0.39 is 6.10 Å². The molecule has 4 heteroatoms. The lowest BCUT2D eigenvalue weighted by molar-refractivity contribution is -0.140. The number of carbonyl (C=O) groups excluding carboxylic acids is 1. The summed E-state index contributed by atoms with van der Waals surface area (Å²) in [6.45, 7) is 2.04. The molecule has 0 amide bonds. The van der Waals surface area contributed by atoms with Crippen molar-refractivity contribution in [2.24, 2.45) is 0 Å². The molecule has 1 aliphatic heterocycles. The molecule has 4 nitrogen and oxygen atoms in total. The smallest absolute Gasteiger partial charge is 0.338 e. The Labute approximate surface area is 106 Å². The second-order valence-corrected chi connectivity index (χ2v) is 4.17. The van der Waals surface area contributed by atoms with Gasteiger partial charge in [0.15, 0.2) is 6.10 Å². The summed E-state index contributed by atoms with van der Waals surface area (Å²) in [5.41, 5.74) is 1.52. The van der Waals surface area contributed by atoms with Crippen LogP contribution in [0.2, 0.25) is 0 Å². The van der Waals surface area contributed by atoms with Crippen LogP contribution in [0.3, 0.4) is 0 Å². The molecular formula is C14H16O4. The molecule has 0 radical (unpaired) electrons. The fourth-order valence-corrected chi connectivity index (χ4v) is 1.86. The molecule has 0 fully saturated rings. The van der Waals surface area contributed by atoms with E-state index in [1.54, 1.807) is 6.92 Å². The molecule has 0 bridgehead atoms. The predicted molar refractivity (Wildman–Crippen MR) is 65.5 cm³/mol. The van der Waals surface area contributed by atoms with Gasteiger partial charge in [-0.25, -0.2) is 4.79 Å². The van der Waals surface area contributed by atoms with Gasteiger partial charge in [0, 0.05) is 13.0 Å².